The van der Waals surface area contributed by atoms with Crippen LogP contribution >= 0.6 is 23.5 Å². The summed E-state index contributed by atoms with van der Waals surface area (Å²) in [5.41, 5.74) is 0. The summed E-state index contributed by atoms with van der Waals surface area (Å²) < 4.78 is 10.7. The van der Waals surface area contributed by atoms with Crippen LogP contribution in [-0.4, -0.2) is 47.3 Å². The number of methoxy groups -OCH3 is 1. The maximum absolute atomic E-state index is 10.3. The van der Waals surface area contributed by atoms with E-state index in [0.717, 1.165) is 11.5 Å². The van der Waals surface area contributed by atoms with Crippen molar-refractivity contribution in [2.75, 3.05) is 25.4 Å². The van der Waals surface area contributed by atoms with Crippen LogP contribution in [0.2, 0.25) is 0 Å². The maximum atomic E-state index is 10.3. The third-order valence-electron chi connectivity index (χ3n) is 2.28. The molecule has 0 saturated carbocycles. The molecule has 19 heavy (non-hydrogen) atoms. The number of ether oxygens (including phenoxy) is 2. The SMILES string of the molecule is C#CC=C[C@H](OCOC)[C@@H](O)CC(SCC)SCC. The van der Waals surface area contributed by atoms with E-state index in [4.69, 9.17) is 15.9 Å². The maximum Gasteiger partial charge on any atom is 0.147 e. The van der Waals surface area contributed by atoms with Gasteiger partial charge in [-0.2, -0.15) is 0 Å². The Morgan fingerprint density at radius 2 is 1.95 bits per heavy atom. The molecule has 0 spiro atoms. The number of thioether (sulfide) groups is 2. The van der Waals surface area contributed by atoms with Crippen LogP contribution in [0.1, 0.15) is 20.3 Å². The van der Waals surface area contributed by atoms with Gasteiger partial charge in [0, 0.05) is 7.11 Å². The van der Waals surface area contributed by atoms with Crippen LogP contribution in [0.4, 0.5) is 0 Å². The van der Waals surface area contributed by atoms with Crippen LogP contribution in [0.3, 0.4) is 0 Å². The number of hydrogen-bond donors (Lipinski definition) is 1. The minimum Gasteiger partial charge on any atom is -0.390 e. The van der Waals surface area contributed by atoms with Gasteiger partial charge in [0.25, 0.3) is 0 Å². The molecule has 0 aromatic heterocycles. The molecule has 0 unspecified atom stereocenters. The molecule has 0 aliphatic carbocycles. The molecule has 2 atom stereocenters. The first-order valence-corrected chi connectivity index (χ1v) is 8.43. The molecule has 0 saturated heterocycles. The number of allylic oxidation sites excluding steroid dienone is 1. The summed E-state index contributed by atoms with van der Waals surface area (Å²) in [4.78, 5) is 0. The number of aliphatic hydroxyl groups excluding tert-OH is 1. The number of terminal acetylenes is 1. The van der Waals surface area contributed by atoms with Crippen molar-refractivity contribution in [2.45, 2.75) is 37.1 Å². The fourth-order valence-corrected chi connectivity index (χ4v) is 4.09. The van der Waals surface area contributed by atoms with Crippen molar-refractivity contribution in [3.63, 3.8) is 0 Å². The molecule has 0 bridgehead atoms. The minimum absolute atomic E-state index is 0.142. The summed E-state index contributed by atoms with van der Waals surface area (Å²) in [6, 6.07) is 0. The monoisotopic (exact) mass is 304 g/mol. The summed E-state index contributed by atoms with van der Waals surface area (Å²) >= 11 is 3.69. The quantitative estimate of drug-likeness (QED) is 0.469. The van der Waals surface area contributed by atoms with Crippen molar-refractivity contribution in [2.24, 2.45) is 0 Å². The van der Waals surface area contributed by atoms with Gasteiger partial charge < -0.3 is 14.6 Å². The van der Waals surface area contributed by atoms with Gasteiger partial charge in [0.2, 0.25) is 0 Å². The largest absolute Gasteiger partial charge is 0.390 e. The highest BCUT2D eigenvalue weighted by molar-refractivity contribution is 8.16. The van der Waals surface area contributed by atoms with Crippen LogP contribution in [0, 0.1) is 12.3 Å². The van der Waals surface area contributed by atoms with E-state index in [-0.39, 0.29) is 6.79 Å². The topological polar surface area (TPSA) is 38.7 Å². The van der Waals surface area contributed by atoms with Crippen molar-refractivity contribution >= 4 is 23.5 Å². The highest BCUT2D eigenvalue weighted by Crippen LogP contribution is 2.28. The second-order valence-corrected chi connectivity index (χ2v) is 6.96. The van der Waals surface area contributed by atoms with E-state index in [1.807, 2.05) is 23.5 Å². The lowest BCUT2D eigenvalue weighted by atomic mass is 10.1. The second-order valence-electron chi connectivity index (χ2n) is 3.71. The molecule has 0 radical (unpaired) electrons. The lowest BCUT2D eigenvalue weighted by Crippen LogP contribution is -2.30. The van der Waals surface area contributed by atoms with Gasteiger partial charge in [0.05, 0.1) is 10.7 Å². The van der Waals surface area contributed by atoms with E-state index < -0.39 is 12.2 Å². The van der Waals surface area contributed by atoms with Crippen LogP contribution < -0.4 is 0 Å². The van der Waals surface area contributed by atoms with Crippen molar-refractivity contribution in [3.05, 3.63) is 12.2 Å². The van der Waals surface area contributed by atoms with E-state index in [0.29, 0.717) is 11.0 Å². The number of hydrogen-bond acceptors (Lipinski definition) is 5. The van der Waals surface area contributed by atoms with E-state index in [1.54, 1.807) is 19.3 Å². The van der Waals surface area contributed by atoms with Gasteiger partial charge >= 0.3 is 0 Å². The molecular weight excluding hydrogens is 280 g/mol. The highest BCUT2D eigenvalue weighted by Gasteiger charge is 2.22. The van der Waals surface area contributed by atoms with Crippen molar-refractivity contribution in [1.29, 1.82) is 0 Å². The van der Waals surface area contributed by atoms with E-state index in [1.165, 1.54) is 0 Å². The zero-order valence-electron chi connectivity index (χ0n) is 11.9. The van der Waals surface area contributed by atoms with Crippen LogP contribution in [0.15, 0.2) is 12.2 Å². The Morgan fingerprint density at radius 1 is 1.32 bits per heavy atom. The normalized spacial score (nSPS) is 14.7. The lowest BCUT2D eigenvalue weighted by molar-refractivity contribution is -0.0935. The lowest BCUT2D eigenvalue weighted by Gasteiger charge is -2.24. The average molecular weight is 304 g/mol. The van der Waals surface area contributed by atoms with Gasteiger partial charge in [-0.25, -0.2) is 0 Å². The molecule has 0 aromatic rings. The Morgan fingerprint density at radius 3 is 2.42 bits per heavy atom. The summed E-state index contributed by atoms with van der Waals surface area (Å²) in [7, 11) is 1.55. The standard InChI is InChI=1S/C14H24O3S2/c1-5-8-9-13(17-11-16-4)12(15)10-14(18-6-2)19-7-3/h1,8-9,12-15H,6-7,10-11H2,2-4H3/t12-,13-/m0/s1. The first-order chi connectivity index (χ1) is 9.19. The number of rotatable bonds is 11. The van der Waals surface area contributed by atoms with Gasteiger partial charge in [-0.3, -0.25) is 0 Å². The summed E-state index contributed by atoms with van der Waals surface area (Å²) in [5.74, 6) is 4.48. The molecule has 0 aromatic carbocycles. The molecule has 0 aliphatic rings. The Kier molecular flexibility index (Phi) is 12.8. The Bertz CT molecular complexity index is 270. The molecule has 110 valence electrons. The van der Waals surface area contributed by atoms with Gasteiger partial charge in [-0.1, -0.05) is 19.8 Å². The fraction of sp³-hybridized carbons (Fsp3) is 0.714. The molecule has 0 aliphatic heterocycles. The van der Waals surface area contributed by atoms with Crippen LogP contribution in [-0.2, 0) is 9.47 Å². The summed E-state index contributed by atoms with van der Waals surface area (Å²) in [6.07, 6.45) is 8.11. The zero-order chi connectivity index (χ0) is 14.5. The third kappa shape index (κ3) is 9.42. The van der Waals surface area contributed by atoms with Gasteiger partial charge in [-0.05, 0) is 30.1 Å². The van der Waals surface area contributed by atoms with Crippen LogP contribution in [0.5, 0.6) is 0 Å². The first kappa shape index (κ1) is 18.9. The molecule has 3 nitrogen and oxygen atoms in total. The second kappa shape index (κ2) is 12.9. The first-order valence-electron chi connectivity index (χ1n) is 6.34. The Balaban J connectivity index is 4.45. The Hall–Kier alpha value is -0.120. The third-order valence-corrected chi connectivity index (χ3v) is 4.89. The van der Waals surface area contributed by atoms with Crippen molar-refractivity contribution in [3.8, 4) is 12.3 Å². The molecule has 5 heteroatoms. The summed E-state index contributed by atoms with van der Waals surface area (Å²) in [6.45, 7) is 4.39. The molecule has 0 amide bonds. The van der Waals surface area contributed by atoms with Crippen molar-refractivity contribution in [1.82, 2.24) is 0 Å². The molecule has 0 rings (SSSR count). The van der Waals surface area contributed by atoms with Gasteiger partial charge in [0.15, 0.2) is 0 Å². The van der Waals surface area contributed by atoms with E-state index in [9.17, 15) is 5.11 Å². The molecule has 1 N–H and O–H groups in total. The zero-order valence-corrected chi connectivity index (χ0v) is 13.5. The van der Waals surface area contributed by atoms with E-state index >= 15 is 0 Å². The fourth-order valence-electron chi connectivity index (χ4n) is 1.48. The van der Waals surface area contributed by atoms with Gasteiger partial charge in [0.1, 0.15) is 12.9 Å². The molecule has 0 fully saturated rings. The minimum atomic E-state index is -0.581. The molecule has 0 heterocycles. The molecular formula is C14H24O3S2. The van der Waals surface area contributed by atoms with Crippen LogP contribution in [0.25, 0.3) is 0 Å². The van der Waals surface area contributed by atoms with E-state index in [2.05, 4.69) is 19.8 Å². The van der Waals surface area contributed by atoms with Crippen molar-refractivity contribution < 1.29 is 14.6 Å². The summed E-state index contributed by atoms with van der Waals surface area (Å²) in [5, 5.41) is 10.3. The average Bonchev–Trinajstić information content (AvgIpc) is 2.39. The smallest absolute Gasteiger partial charge is 0.147 e. The van der Waals surface area contributed by atoms with Gasteiger partial charge in [-0.15, -0.1) is 29.9 Å². The Labute approximate surface area is 125 Å². The predicted molar refractivity (Wildman–Crippen MR) is 85.4 cm³/mol. The number of aliphatic hydroxyl groups is 1. The predicted octanol–water partition coefficient (Wildman–Crippen LogP) is 2.75. The highest BCUT2D eigenvalue weighted by atomic mass is 32.2.